The number of halogens is 1. The van der Waals surface area contributed by atoms with E-state index in [9.17, 15) is 4.39 Å². The largest absolute Gasteiger partial charge is 0.474 e. The third-order valence-electron chi connectivity index (χ3n) is 5.58. The number of rotatable bonds is 7. The van der Waals surface area contributed by atoms with Crippen molar-refractivity contribution in [2.75, 3.05) is 17.8 Å². The SMILES string of the molecule is Cc1cc(SNc2cccc(F)n2)cnc1OC1CCN(C(C)c2ccccc2)CC1. The molecule has 4 rings (SSSR count). The van der Waals surface area contributed by atoms with Gasteiger partial charge in [0.2, 0.25) is 11.8 Å². The molecule has 0 bridgehead atoms. The molecule has 162 valence electrons. The first-order chi connectivity index (χ1) is 15.1. The maximum Gasteiger partial charge on any atom is 0.216 e. The van der Waals surface area contributed by atoms with Gasteiger partial charge in [0.15, 0.2) is 0 Å². The summed E-state index contributed by atoms with van der Waals surface area (Å²) in [4.78, 5) is 11.7. The number of aryl methyl sites for hydroxylation is 1. The van der Waals surface area contributed by atoms with Crippen LogP contribution in [0.3, 0.4) is 0 Å². The van der Waals surface area contributed by atoms with Crippen molar-refractivity contribution in [3.8, 4) is 5.88 Å². The normalized spacial score (nSPS) is 16.1. The van der Waals surface area contributed by atoms with Crippen molar-refractivity contribution >= 4 is 17.8 Å². The Morgan fingerprint density at radius 3 is 2.61 bits per heavy atom. The van der Waals surface area contributed by atoms with E-state index in [0.29, 0.717) is 17.7 Å². The number of nitrogens with zero attached hydrogens (tertiary/aromatic N) is 3. The fourth-order valence-electron chi connectivity index (χ4n) is 3.77. The molecule has 1 atom stereocenters. The second kappa shape index (κ2) is 10.1. The summed E-state index contributed by atoms with van der Waals surface area (Å²) in [5.41, 5.74) is 2.34. The Morgan fingerprint density at radius 1 is 1.13 bits per heavy atom. The minimum absolute atomic E-state index is 0.179. The van der Waals surface area contributed by atoms with Crippen molar-refractivity contribution in [3.05, 3.63) is 77.9 Å². The monoisotopic (exact) mass is 438 g/mol. The van der Waals surface area contributed by atoms with E-state index in [-0.39, 0.29) is 6.10 Å². The predicted molar refractivity (Wildman–Crippen MR) is 123 cm³/mol. The highest BCUT2D eigenvalue weighted by atomic mass is 32.2. The van der Waals surface area contributed by atoms with E-state index in [1.54, 1.807) is 18.3 Å². The molecule has 1 aromatic carbocycles. The highest BCUT2D eigenvalue weighted by molar-refractivity contribution is 8.00. The predicted octanol–water partition coefficient (Wildman–Crippen LogP) is 5.65. The van der Waals surface area contributed by atoms with E-state index >= 15 is 0 Å². The Balaban J connectivity index is 1.29. The van der Waals surface area contributed by atoms with Gasteiger partial charge in [-0.2, -0.15) is 4.39 Å². The first kappa shape index (κ1) is 21.6. The van der Waals surface area contributed by atoms with Crippen LogP contribution in [0.1, 0.15) is 36.9 Å². The first-order valence-corrected chi connectivity index (χ1v) is 11.4. The standard InChI is InChI=1S/C24H27FN4OS/c1-17-15-21(31-28-23-10-6-9-22(25)27-23)16-26-24(17)30-20-11-13-29(14-12-20)18(2)19-7-4-3-5-8-19/h3-10,15-16,18,20H,11-14H2,1-2H3,(H,27,28). The molecule has 0 saturated carbocycles. The summed E-state index contributed by atoms with van der Waals surface area (Å²) in [6.07, 6.45) is 3.92. The second-order valence-corrected chi connectivity index (χ2v) is 8.66. The van der Waals surface area contributed by atoms with E-state index in [2.05, 4.69) is 56.8 Å². The van der Waals surface area contributed by atoms with E-state index in [1.807, 2.05) is 13.0 Å². The van der Waals surface area contributed by atoms with Crippen LogP contribution >= 0.6 is 11.9 Å². The maximum absolute atomic E-state index is 13.2. The zero-order valence-corrected chi connectivity index (χ0v) is 18.6. The van der Waals surface area contributed by atoms with Crippen LogP contribution in [0.4, 0.5) is 10.2 Å². The number of nitrogens with one attached hydrogen (secondary N) is 1. The number of likely N-dealkylation sites (tertiary alicyclic amines) is 1. The van der Waals surface area contributed by atoms with Gasteiger partial charge in [-0.05, 0) is 62.4 Å². The summed E-state index contributed by atoms with van der Waals surface area (Å²) >= 11 is 1.35. The van der Waals surface area contributed by atoms with Crippen LogP contribution in [0.2, 0.25) is 0 Å². The molecule has 0 aliphatic carbocycles. The van der Waals surface area contributed by atoms with Crippen LogP contribution in [0, 0.1) is 12.9 Å². The molecule has 3 aromatic rings. The number of pyridine rings is 2. The fourth-order valence-corrected chi connectivity index (χ4v) is 4.45. The molecule has 3 heterocycles. The van der Waals surface area contributed by atoms with Crippen LogP contribution in [-0.2, 0) is 0 Å². The number of aromatic nitrogens is 2. The van der Waals surface area contributed by atoms with Crippen molar-refractivity contribution in [2.45, 2.75) is 43.7 Å². The highest BCUT2D eigenvalue weighted by Gasteiger charge is 2.25. The van der Waals surface area contributed by atoms with Crippen LogP contribution < -0.4 is 9.46 Å². The average molecular weight is 439 g/mol. The van der Waals surface area contributed by atoms with Gasteiger partial charge in [-0.25, -0.2) is 9.97 Å². The molecule has 1 fully saturated rings. The Kier molecular flexibility index (Phi) is 7.04. The summed E-state index contributed by atoms with van der Waals surface area (Å²) in [5, 5.41) is 0. The van der Waals surface area contributed by atoms with Gasteiger partial charge in [0.25, 0.3) is 0 Å². The molecule has 1 N–H and O–H groups in total. The average Bonchev–Trinajstić information content (AvgIpc) is 2.80. The molecule has 31 heavy (non-hydrogen) atoms. The van der Waals surface area contributed by atoms with Gasteiger partial charge in [-0.15, -0.1) is 0 Å². The van der Waals surface area contributed by atoms with Gasteiger partial charge in [-0.3, -0.25) is 4.90 Å². The molecular formula is C24H27FN4OS. The number of hydrogen-bond donors (Lipinski definition) is 1. The van der Waals surface area contributed by atoms with Gasteiger partial charge >= 0.3 is 0 Å². The summed E-state index contributed by atoms with van der Waals surface area (Å²) in [6, 6.07) is 17.7. The lowest BCUT2D eigenvalue weighted by atomic mass is 10.0. The van der Waals surface area contributed by atoms with Crippen molar-refractivity contribution in [1.82, 2.24) is 14.9 Å². The van der Waals surface area contributed by atoms with Crippen LogP contribution in [-0.4, -0.2) is 34.1 Å². The van der Waals surface area contributed by atoms with E-state index < -0.39 is 5.95 Å². The maximum atomic E-state index is 13.2. The molecule has 0 radical (unpaired) electrons. The van der Waals surface area contributed by atoms with Gasteiger partial charge in [-0.1, -0.05) is 36.4 Å². The molecule has 0 amide bonds. The third-order valence-corrected chi connectivity index (χ3v) is 6.35. The number of hydrogen-bond acceptors (Lipinski definition) is 6. The summed E-state index contributed by atoms with van der Waals surface area (Å²) < 4.78 is 22.5. The van der Waals surface area contributed by atoms with Crippen molar-refractivity contribution in [1.29, 1.82) is 0 Å². The Morgan fingerprint density at radius 2 is 1.90 bits per heavy atom. The highest BCUT2D eigenvalue weighted by Crippen LogP contribution is 2.28. The summed E-state index contributed by atoms with van der Waals surface area (Å²) in [5.74, 6) is 0.648. The lowest BCUT2D eigenvalue weighted by Crippen LogP contribution is -2.39. The van der Waals surface area contributed by atoms with Gasteiger partial charge in [0.05, 0.1) is 0 Å². The molecular weight excluding hydrogens is 411 g/mol. The molecule has 1 saturated heterocycles. The Bertz CT molecular complexity index is 996. The number of ether oxygens (including phenoxy) is 1. The lowest BCUT2D eigenvalue weighted by Gasteiger charge is -2.36. The van der Waals surface area contributed by atoms with E-state index in [0.717, 1.165) is 36.4 Å². The molecule has 7 heteroatoms. The minimum Gasteiger partial charge on any atom is -0.474 e. The van der Waals surface area contributed by atoms with Crippen molar-refractivity contribution < 1.29 is 9.13 Å². The summed E-state index contributed by atoms with van der Waals surface area (Å²) in [7, 11) is 0. The molecule has 5 nitrogen and oxygen atoms in total. The van der Waals surface area contributed by atoms with E-state index in [1.165, 1.54) is 23.6 Å². The molecule has 2 aromatic heterocycles. The van der Waals surface area contributed by atoms with Crippen molar-refractivity contribution in [2.24, 2.45) is 0 Å². The first-order valence-electron chi connectivity index (χ1n) is 10.6. The molecule has 1 aliphatic heterocycles. The van der Waals surface area contributed by atoms with Crippen LogP contribution in [0.25, 0.3) is 0 Å². The number of benzene rings is 1. The molecule has 0 spiro atoms. The quantitative estimate of drug-likeness (QED) is 0.380. The Labute approximate surface area is 187 Å². The van der Waals surface area contributed by atoms with Crippen LogP contribution in [0.5, 0.6) is 5.88 Å². The van der Waals surface area contributed by atoms with Gasteiger partial charge in [0.1, 0.15) is 11.9 Å². The second-order valence-electron chi connectivity index (χ2n) is 7.78. The zero-order chi connectivity index (χ0) is 21.6. The van der Waals surface area contributed by atoms with Crippen molar-refractivity contribution in [3.63, 3.8) is 0 Å². The molecule has 1 aliphatic rings. The molecule has 1 unspecified atom stereocenters. The van der Waals surface area contributed by atoms with E-state index in [4.69, 9.17) is 4.74 Å². The smallest absolute Gasteiger partial charge is 0.216 e. The van der Waals surface area contributed by atoms with Gasteiger partial charge in [0, 0.05) is 35.8 Å². The summed E-state index contributed by atoms with van der Waals surface area (Å²) in [6.45, 7) is 6.29. The third kappa shape index (κ3) is 5.74. The zero-order valence-electron chi connectivity index (χ0n) is 17.8. The topological polar surface area (TPSA) is 50.3 Å². The Hall–Kier alpha value is -2.64. The fraction of sp³-hybridized carbons (Fsp3) is 0.333. The lowest BCUT2D eigenvalue weighted by molar-refractivity contribution is 0.0763. The minimum atomic E-state index is -0.507. The number of anilines is 1. The number of piperidine rings is 1. The van der Waals surface area contributed by atoms with Crippen LogP contribution in [0.15, 0.2) is 65.7 Å². The van der Waals surface area contributed by atoms with Gasteiger partial charge < -0.3 is 9.46 Å².